The normalized spacial score (nSPS) is 20.7. The van der Waals surface area contributed by atoms with E-state index in [9.17, 15) is 4.79 Å². The van der Waals surface area contributed by atoms with Crippen molar-refractivity contribution in [2.24, 2.45) is 0 Å². The maximum atomic E-state index is 11.5. The number of hydrogen-bond donors (Lipinski definition) is 2. The second kappa shape index (κ2) is 8.84. The van der Waals surface area contributed by atoms with Crippen LogP contribution in [0.2, 0.25) is 0 Å². The van der Waals surface area contributed by atoms with E-state index in [4.69, 9.17) is 4.74 Å². The molecule has 4 nitrogen and oxygen atoms in total. The average molecular weight is 246 g/mol. The van der Waals surface area contributed by atoms with Crippen LogP contribution < -0.4 is 10.6 Å². The first-order valence-corrected chi connectivity index (χ1v) is 7.29. The Bertz CT molecular complexity index is 196. The summed E-state index contributed by atoms with van der Waals surface area (Å²) < 4.78 is 5.30. The van der Waals surface area contributed by atoms with E-state index in [0.29, 0.717) is 13.0 Å². The minimum absolute atomic E-state index is 0.132. The fourth-order valence-electron chi connectivity index (χ4n) is 1.65. The van der Waals surface area contributed by atoms with Crippen LogP contribution in [0.1, 0.15) is 19.3 Å². The van der Waals surface area contributed by atoms with Crippen molar-refractivity contribution in [1.29, 1.82) is 0 Å². The number of nitrogens with one attached hydrogen (secondary N) is 2. The van der Waals surface area contributed by atoms with Crippen LogP contribution >= 0.6 is 11.8 Å². The molecule has 2 N–H and O–H groups in total. The van der Waals surface area contributed by atoms with Crippen LogP contribution in [0.15, 0.2) is 0 Å². The van der Waals surface area contributed by atoms with Gasteiger partial charge in [-0.25, -0.2) is 0 Å². The van der Waals surface area contributed by atoms with Crippen LogP contribution in [-0.4, -0.2) is 50.3 Å². The second-order valence-corrected chi connectivity index (χ2v) is 4.97. The molecule has 0 bridgehead atoms. The maximum absolute atomic E-state index is 11.5. The number of carbonyl (C=O) groups is 1. The summed E-state index contributed by atoms with van der Waals surface area (Å²) in [5, 5.41) is 6.22. The van der Waals surface area contributed by atoms with Crippen LogP contribution in [0, 0.1) is 0 Å². The van der Waals surface area contributed by atoms with E-state index in [1.54, 1.807) is 0 Å². The molecule has 0 aromatic rings. The molecule has 1 amide bonds. The van der Waals surface area contributed by atoms with Crippen molar-refractivity contribution in [3.05, 3.63) is 0 Å². The third kappa shape index (κ3) is 6.35. The van der Waals surface area contributed by atoms with E-state index in [1.165, 1.54) is 12.2 Å². The summed E-state index contributed by atoms with van der Waals surface area (Å²) in [6.45, 7) is 3.06. The summed E-state index contributed by atoms with van der Waals surface area (Å²) in [6, 6.07) is 0.194. The molecule has 0 aliphatic carbocycles. The molecule has 1 atom stereocenters. The number of unbranched alkanes of at least 4 members (excludes halogenated alkanes) is 1. The highest BCUT2D eigenvalue weighted by molar-refractivity contribution is 7.98. The Kier molecular flexibility index (Phi) is 7.63. The van der Waals surface area contributed by atoms with Gasteiger partial charge >= 0.3 is 0 Å². The Morgan fingerprint density at radius 2 is 2.44 bits per heavy atom. The van der Waals surface area contributed by atoms with Crippen molar-refractivity contribution in [3.63, 3.8) is 0 Å². The van der Waals surface area contributed by atoms with Crippen LogP contribution in [0.4, 0.5) is 0 Å². The van der Waals surface area contributed by atoms with E-state index in [0.717, 1.165) is 26.1 Å². The van der Waals surface area contributed by atoms with Crippen LogP contribution in [-0.2, 0) is 9.53 Å². The molecular weight excluding hydrogens is 224 g/mol. The Morgan fingerprint density at radius 3 is 3.12 bits per heavy atom. The fourth-order valence-corrected chi connectivity index (χ4v) is 2.14. The quantitative estimate of drug-likeness (QED) is 0.647. The largest absolute Gasteiger partial charge is 0.378 e. The fraction of sp³-hybridized carbons (Fsp3) is 0.909. The Balaban J connectivity index is 1.97. The number of rotatable bonds is 7. The van der Waals surface area contributed by atoms with E-state index in [1.807, 2.05) is 11.8 Å². The van der Waals surface area contributed by atoms with Gasteiger partial charge < -0.3 is 15.4 Å². The predicted octanol–water partition coefficient (Wildman–Crippen LogP) is 0.624. The molecular formula is C11H22N2O2S. The average Bonchev–Trinajstić information content (AvgIpc) is 2.30. The maximum Gasteiger partial charge on any atom is 0.221 e. The minimum atomic E-state index is 0.132. The number of hydrogen-bond acceptors (Lipinski definition) is 4. The molecule has 5 heteroatoms. The molecule has 0 saturated carbocycles. The van der Waals surface area contributed by atoms with Gasteiger partial charge in [-0.05, 0) is 24.9 Å². The molecule has 1 rings (SSSR count). The molecule has 1 saturated heterocycles. The first-order valence-electron chi connectivity index (χ1n) is 5.89. The van der Waals surface area contributed by atoms with Crippen LogP contribution in [0.25, 0.3) is 0 Å². The first-order chi connectivity index (χ1) is 7.83. The molecule has 0 aromatic heterocycles. The second-order valence-electron chi connectivity index (χ2n) is 3.98. The zero-order valence-corrected chi connectivity index (χ0v) is 10.8. The van der Waals surface area contributed by atoms with Crippen molar-refractivity contribution < 1.29 is 9.53 Å². The monoisotopic (exact) mass is 246 g/mol. The standard InChI is InChI=1S/C11H22N2O2S/c1-16-7-3-2-4-13-11(14)8-10-9-15-6-5-12-10/h10,12H,2-9H2,1H3,(H,13,14). The van der Waals surface area contributed by atoms with Gasteiger partial charge in [-0.1, -0.05) is 0 Å². The molecule has 94 valence electrons. The zero-order chi connectivity index (χ0) is 11.6. The van der Waals surface area contributed by atoms with Gasteiger partial charge in [0, 0.05) is 25.6 Å². The van der Waals surface area contributed by atoms with Gasteiger partial charge in [0.2, 0.25) is 5.91 Å². The first kappa shape index (κ1) is 13.8. The molecule has 0 aromatic carbocycles. The van der Waals surface area contributed by atoms with Gasteiger partial charge in [-0.3, -0.25) is 4.79 Å². The van der Waals surface area contributed by atoms with E-state index >= 15 is 0 Å². The molecule has 0 spiro atoms. The number of morpholine rings is 1. The van der Waals surface area contributed by atoms with Gasteiger partial charge in [0.05, 0.1) is 13.2 Å². The summed E-state index contributed by atoms with van der Waals surface area (Å²) >= 11 is 1.85. The molecule has 1 fully saturated rings. The number of amides is 1. The van der Waals surface area contributed by atoms with Crippen molar-refractivity contribution in [3.8, 4) is 0 Å². The lowest BCUT2D eigenvalue weighted by atomic mass is 10.2. The highest BCUT2D eigenvalue weighted by Crippen LogP contribution is 2.00. The van der Waals surface area contributed by atoms with Crippen LogP contribution in [0.3, 0.4) is 0 Å². The number of thioether (sulfide) groups is 1. The van der Waals surface area contributed by atoms with Crippen molar-refractivity contribution >= 4 is 17.7 Å². The predicted molar refractivity (Wildman–Crippen MR) is 67.9 cm³/mol. The zero-order valence-electron chi connectivity index (χ0n) is 9.96. The SMILES string of the molecule is CSCCCCNC(=O)CC1COCCN1. The molecule has 1 heterocycles. The summed E-state index contributed by atoms with van der Waals surface area (Å²) in [7, 11) is 0. The highest BCUT2D eigenvalue weighted by Gasteiger charge is 2.16. The lowest BCUT2D eigenvalue weighted by Crippen LogP contribution is -2.44. The third-order valence-corrected chi connectivity index (χ3v) is 3.22. The van der Waals surface area contributed by atoms with Gasteiger partial charge in [0.1, 0.15) is 0 Å². The summed E-state index contributed by atoms with van der Waals surface area (Å²) in [5.41, 5.74) is 0. The van der Waals surface area contributed by atoms with E-state index in [2.05, 4.69) is 16.9 Å². The molecule has 16 heavy (non-hydrogen) atoms. The van der Waals surface area contributed by atoms with Crippen LogP contribution in [0.5, 0.6) is 0 Å². The third-order valence-electron chi connectivity index (χ3n) is 2.53. The Labute approximate surface area is 102 Å². The molecule has 1 aliphatic heterocycles. The number of ether oxygens (including phenoxy) is 1. The number of carbonyl (C=O) groups excluding carboxylic acids is 1. The lowest BCUT2D eigenvalue weighted by Gasteiger charge is -2.23. The Morgan fingerprint density at radius 1 is 1.56 bits per heavy atom. The summed E-state index contributed by atoms with van der Waals surface area (Å²) in [5.74, 6) is 1.31. The highest BCUT2D eigenvalue weighted by atomic mass is 32.2. The van der Waals surface area contributed by atoms with Crippen molar-refractivity contribution in [2.75, 3.05) is 38.3 Å². The Hall–Kier alpha value is -0.260. The summed E-state index contributed by atoms with van der Waals surface area (Å²) in [6.07, 6.45) is 4.88. The topological polar surface area (TPSA) is 50.4 Å². The van der Waals surface area contributed by atoms with Gasteiger partial charge in [-0.15, -0.1) is 0 Å². The van der Waals surface area contributed by atoms with Gasteiger partial charge in [-0.2, -0.15) is 11.8 Å². The van der Waals surface area contributed by atoms with Crippen molar-refractivity contribution in [1.82, 2.24) is 10.6 Å². The van der Waals surface area contributed by atoms with Gasteiger partial charge in [0.25, 0.3) is 0 Å². The van der Waals surface area contributed by atoms with Gasteiger partial charge in [0.15, 0.2) is 0 Å². The van der Waals surface area contributed by atoms with Crippen molar-refractivity contribution in [2.45, 2.75) is 25.3 Å². The smallest absolute Gasteiger partial charge is 0.221 e. The molecule has 0 radical (unpaired) electrons. The van der Waals surface area contributed by atoms with E-state index in [-0.39, 0.29) is 11.9 Å². The molecule has 1 unspecified atom stereocenters. The van der Waals surface area contributed by atoms with E-state index < -0.39 is 0 Å². The minimum Gasteiger partial charge on any atom is -0.378 e. The summed E-state index contributed by atoms with van der Waals surface area (Å²) in [4.78, 5) is 11.5. The lowest BCUT2D eigenvalue weighted by molar-refractivity contribution is -0.122. The molecule has 1 aliphatic rings.